The fourth-order valence-electron chi connectivity index (χ4n) is 1.79. The lowest BCUT2D eigenvalue weighted by molar-refractivity contribution is 0.0698. The second-order valence-electron chi connectivity index (χ2n) is 4.39. The summed E-state index contributed by atoms with van der Waals surface area (Å²) in [5.41, 5.74) is 1.90. The summed E-state index contributed by atoms with van der Waals surface area (Å²) in [4.78, 5) is 23.0. The number of amides is 2. The Kier molecular flexibility index (Phi) is 4.59. The van der Waals surface area contributed by atoms with Crippen molar-refractivity contribution < 1.29 is 14.7 Å². The van der Waals surface area contributed by atoms with Gasteiger partial charge in [-0.15, -0.1) is 0 Å². The van der Waals surface area contributed by atoms with Crippen molar-refractivity contribution in [2.75, 3.05) is 10.6 Å². The van der Waals surface area contributed by atoms with Crippen LogP contribution in [0.3, 0.4) is 0 Å². The molecule has 0 unspecified atom stereocenters. The van der Waals surface area contributed by atoms with Gasteiger partial charge in [-0.3, -0.25) is 0 Å². The van der Waals surface area contributed by atoms with Crippen LogP contribution in [0.5, 0.6) is 0 Å². The topological polar surface area (TPSA) is 78.4 Å². The minimum Gasteiger partial charge on any atom is -0.478 e. The molecule has 2 rings (SSSR count). The molecule has 2 amide bonds. The number of hydrogen-bond donors (Lipinski definition) is 3. The van der Waals surface area contributed by atoms with Gasteiger partial charge in [-0.1, -0.05) is 28.1 Å². The number of halogens is 1. The first-order chi connectivity index (χ1) is 9.97. The monoisotopic (exact) mass is 348 g/mol. The molecule has 0 fully saturated rings. The first-order valence-electron chi connectivity index (χ1n) is 6.14. The zero-order chi connectivity index (χ0) is 15.4. The van der Waals surface area contributed by atoms with Gasteiger partial charge >= 0.3 is 12.0 Å². The molecular formula is C15H13BrN2O3. The molecule has 0 spiro atoms. The van der Waals surface area contributed by atoms with Gasteiger partial charge in [-0.2, -0.15) is 0 Å². The maximum absolute atomic E-state index is 11.9. The maximum Gasteiger partial charge on any atom is 0.337 e. The van der Waals surface area contributed by atoms with E-state index in [1.165, 1.54) is 12.1 Å². The molecule has 0 saturated heterocycles. The molecule has 0 aliphatic carbocycles. The normalized spacial score (nSPS) is 10.0. The van der Waals surface area contributed by atoms with E-state index in [2.05, 4.69) is 26.6 Å². The number of anilines is 2. The molecule has 3 N–H and O–H groups in total. The lowest BCUT2D eigenvalue weighted by Gasteiger charge is -2.10. The van der Waals surface area contributed by atoms with Crippen LogP contribution in [0.1, 0.15) is 15.9 Å². The highest BCUT2D eigenvalue weighted by molar-refractivity contribution is 9.10. The SMILES string of the molecule is Cc1cc(NC(=O)Nc2ccccc2C(=O)O)ccc1Br. The first-order valence-corrected chi connectivity index (χ1v) is 6.93. The van der Waals surface area contributed by atoms with E-state index in [1.54, 1.807) is 18.2 Å². The Morgan fingerprint density at radius 2 is 1.81 bits per heavy atom. The van der Waals surface area contributed by atoms with Gasteiger partial charge in [0.1, 0.15) is 0 Å². The summed E-state index contributed by atoms with van der Waals surface area (Å²) in [7, 11) is 0. The third-order valence-electron chi connectivity index (χ3n) is 2.82. The second kappa shape index (κ2) is 6.41. The van der Waals surface area contributed by atoms with Gasteiger partial charge in [0.15, 0.2) is 0 Å². The number of hydrogen-bond acceptors (Lipinski definition) is 2. The number of carbonyl (C=O) groups excluding carboxylic acids is 1. The minimum absolute atomic E-state index is 0.0413. The molecule has 0 radical (unpaired) electrons. The highest BCUT2D eigenvalue weighted by atomic mass is 79.9. The lowest BCUT2D eigenvalue weighted by atomic mass is 10.2. The van der Waals surface area contributed by atoms with Crippen LogP contribution in [-0.4, -0.2) is 17.1 Å². The van der Waals surface area contributed by atoms with Gasteiger partial charge in [0.25, 0.3) is 0 Å². The van der Waals surface area contributed by atoms with Crippen molar-refractivity contribution in [3.63, 3.8) is 0 Å². The Hall–Kier alpha value is -2.34. The largest absolute Gasteiger partial charge is 0.478 e. The van der Waals surface area contributed by atoms with Crippen LogP contribution in [-0.2, 0) is 0 Å². The number of carboxylic acid groups (broad SMARTS) is 1. The number of carbonyl (C=O) groups is 2. The van der Waals surface area contributed by atoms with E-state index in [1.807, 2.05) is 19.1 Å². The van der Waals surface area contributed by atoms with E-state index in [4.69, 9.17) is 5.11 Å². The predicted molar refractivity (Wildman–Crippen MR) is 84.9 cm³/mol. The van der Waals surface area contributed by atoms with Crippen LogP contribution >= 0.6 is 15.9 Å². The number of urea groups is 1. The molecule has 0 aliphatic heterocycles. The number of rotatable bonds is 3. The standard InChI is InChI=1S/C15H13BrN2O3/c1-9-8-10(6-7-12(9)16)17-15(21)18-13-5-3-2-4-11(13)14(19)20/h2-8H,1H3,(H,19,20)(H2,17,18,21). The Morgan fingerprint density at radius 1 is 1.10 bits per heavy atom. The Balaban J connectivity index is 2.12. The Labute approximate surface area is 130 Å². The highest BCUT2D eigenvalue weighted by Crippen LogP contribution is 2.20. The number of aryl methyl sites for hydroxylation is 1. The number of benzene rings is 2. The molecule has 21 heavy (non-hydrogen) atoms. The summed E-state index contributed by atoms with van der Waals surface area (Å²) in [6.07, 6.45) is 0. The van der Waals surface area contributed by atoms with Crippen molar-refractivity contribution in [3.05, 3.63) is 58.1 Å². The van der Waals surface area contributed by atoms with Crippen molar-refractivity contribution in [2.45, 2.75) is 6.92 Å². The molecular weight excluding hydrogens is 336 g/mol. The number of carboxylic acids is 1. The molecule has 108 valence electrons. The molecule has 2 aromatic rings. The highest BCUT2D eigenvalue weighted by Gasteiger charge is 2.11. The van der Waals surface area contributed by atoms with Crippen LogP contribution in [0.4, 0.5) is 16.2 Å². The fourth-order valence-corrected chi connectivity index (χ4v) is 2.03. The molecule has 5 nitrogen and oxygen atoms in total. The molecule has 0 bridgehead atoms. The van der Waals surface area contributed by atoms with E-state index in [9.17, 15) is 9.59 Å². The van der Waals surface area contributed by atoms with Crippen molar-refractivity contribution in [1.29, 1.82) is 0 Å². The average Bonchev–Trinajstić information content (AvgIpc) is 2.43. The van der Waals surface area contributed by atoms with Crippen LogP contribution in [0.2, 0.25) is 0 Å². The summed E-state index contributed by atoms with van der Waals surface area (Å²) in [6, 6.07) is 11.1. The summed E-state index contributed by atoms with van der Waals surface area (Å²) in [5.74, 6) is -1.09. The molecule has 0 saturated carbocycles. The number of para-hydroxylation sites is 1. The van der Waals surface area contributed by atoms with Crippen LogP contribution in [0.15, 0.2) is 46.9 Å². The molecule has 0 atom stereocenters. The molecule has 6 heteroatoms. The number of aromatic carboxylic acids is 1. The van der Waals surface area contributed by atoms with Gasteiger partial charge in [0.2, 0.25) is 0 Å². The summed E-state index contributed by atoms with van der Waals surface area (Å²) < 4.78 is 0.949. The summed E-state index contributed by atoms with van der Waals surface area (Å²) in [5, 5.41) is 14.3. The maximum atomic E-state index is 11.9. The fraction of sp³-hybridized carbons (Fsp3) is 0.0667. The second-order valence-corrected chi connectivity index (χ2v) is 5.25. The minimum atomic E-state index is -1.09. The van der Waals surface area contributed by atoms with Crippen molar-refractivity contribution in [1.82, 2.24) is 0 Å². The zero-order valence-corrected chi connectivity index (χ0v) is 12.8. The quantitative estimate of drug-likeness (QED) is 0.781. The lowest BCUT2D eigenvalue weighted by Crippen LogP contribution is -2.21. The number of nitrogens with one attached hydrogen (secondary N) is 2. The third-order valence-corrected chi connectivity index (χ3v) is 3.71. The summed E-state index contributed by atoms with van der Waals surface area (Å²) >= 11 is 3.38. The van der Waals surface area contributed by atoms with E-state index in [0.717, 1.165) is 10.0 Å². The van der Waals surface area contributed by atoms with Crippen molar-refractivity contribution in [3.8, 4) is 0 Å². The Bertz CT molecular complexity index is 701. The van der Waals surface area contributed by atoms with Crippen LogP contribution in [0, 0.1) is 6.92 Å². The summed E-state index contributed by atoms with van der Waals surface area (Å²) in [6.45, 7) is 1.91. The van der Waals surface area contributed by atoms with Gasteiger partial charge in [-0.05, 0) is 42.8 Å². The van der Waals surface area contributed by atoms with Gasteiger partial charge in [0, 0.05) is 10.2 Å². The third kappa shape index (κ3) is 3.82. The zero-order valence-electron chi connectivity index (χ0n) is 11.2. The molecule has 0 aromatic heterocycles. The Morgan fingerprint density at radius 3 is 2.48 bits per heavy atom. The molecule has 0 heterocycles. The van der Waals surface area contributed by atoms with E-state index in [0.29, 0.717) is 5.69 Å². The smallest absolute Gasteiger partial charge is 0.337 e. The van der Waals surface area contributed by atoms with E-state index in [-0.39, 0.29) is 11.3 Å². The van der Waals surface area contributed by atoms with Crippen molar-refractivity contribution in [2.24, 2.45) is 0 Å². The average molecular weight is 349 g/mol. The van der Waals surface area contributed by atoms with E-state index >= 15 is 0 Å². The van der Waals surface area contributed by atoms with Gasteiger partial charge in [-0.25, -0.2) is 9.59 Å². The van der Waals surface area contributed by atoms with Crippen LogP contribution < -0.4 is 10.6 Å². The molecule has 0 aliphatic rings. The van der Waals surface area contributed by atoms with E-state index < -0.39 is 12.0 Å². The van der Waals surface area contributed by atoms with Gasteiger partial charge < -0.3 is 15.7 Å². The predicted octanol–water partition coefficient (Wildman–Crippen LogP) is 4.10. The molecule has 2 aromatic carbocycles. The van der Waals surface area contributed by atoms with Gasteiger partial charge in [0.05, 0.1) is 11.3 Å². The van der Waals surface area contributed by atoms with Crippen LogP contribution in [0.25, 0.3) is 0 Å². The van der Waals surface area contributed by atoms with Crippen molar-refractivity contribution >= 4 is 39.3 Å². The first kappa shape index (κ1) is 15.1.